The Kier molecular flexibility index (Phi) is 4.51. The number of piperidine rings is 1. The van der Waals surface area contributed by atoms with E-state index in [1.807, 2.05) is 12.4 Å². The van der Waals surface area contributed by atoms with Crippen LogP contribution in [0.3, 0.4) is 0 Å². The van der Waals surface area contributed by atoms with E-state index in [-0.39, 0.29) is 0 Å². The number of likely N-dealkylation sites (tertiary alicyclic amines) is 1. The van der Waals surface area contributed by atoms with Gasteiger partial charge < -0.3 is 5.32 Å². The summed E-state index contributed by atoms with van der Waals surface area (Å²) in [6.45, 7) is 8.88. The molecule has 0 spiro atoms. The average molecular weight is 233 g/mol. The minimum absolute atomic E-state index is 0.677. The molecule has 0 bridgehead atoms. The summed E-state index contributed by atoms with van der Waals surface area (Å²) in [7, 11) is 0. The van der Waals surface area contributed by atoms with E-state index >= 15 is 0 Å². The second-order valence-electron chi connectivity index (χ2n) is 4.93. The van der Waals surface area contributed by atoms with E-state index < -0.39 is 0 Å². The van der Waals surface area contributed by atoms with Crippen molar-refractivity contribution in [2.75, 3.05) is 19.6 Å². The van der Waals surface area contributed by atoms with E-state index in [9.17, 15) is 0 Å². The number of likely N-dealkylation sites (N-methyl/N-ethyl adjacent to an activating group) is 1. The van der Waals surface area contributed by atoms with Crippen LogP contribution in [0.25, 0.3) is 0 Å². The molecule has 0 saturated carbocycles. The molecule has 3 nitrogen and oxygen atoms in total. The quantitative estimate of drug-likeness (QED) is 0.861. The summed E-state index contributed by atoms with van der Waals surface area (Å²) in [5, 5.41) is 3.56. The third-order valence-corrected chi connectivity index (χ3v) is 3.53. The van der Waals surface area contributed by atoms with Gasteiger partial charge in [-0.1, -0.05) is 6.92 Å². The summed E-state index contributed by atoms with van der Waals surface area (Å²) in [6, 6.07) is 2.82. The Bertz CT molecular complexity index is 349. The number of nitrogens with zero attached hydrogens (tertiary/aromatic N) is 2. The molecule has 2 heterocycles. The van der Waals surface area contributed by atoms with Crippen LogP contribution in [-0.4, -0.2) is 35.6 Å². The van der Waals surface area contributed by atoms with Crippen LogP contribution < -0.4 is 5.32 Å². The van der Waals surface area contributed by atoms with Crippen LogP contribution in [-0.2, 0) is 6.54 Å². The maximum Gasteiger partial charge on any atom is 0.0300 e. The number of rotatable bonds is 4. The normalized spacial score (nSPS) is 21.6. The molecular weight excluding hydrogens is 210 g/mol. The van der Waals surface area contributed by atoms with Gasteiger partial charge in [-0.2, -0.15) is 0 Å². The predicted octanol–water partition coefficient (Wildman–Crippen LogP) is 1.96. The Morgan fingerprint density at radius 1 is 1.53 bits per heavy atom. The molecule has 1 saturated heterocycles. The highest BCUT2D eigenvalue weighted by Gasteiger charge is 2.19. The summed E-state index contributed by atoms with van der Waals surface area (Å²) in [4.78, 5) is 6.71. The lowest BCUT2D eigenvalue weighted by Crippen LogP contribution is -2.45. The lowest BCUT2D eigenvalue weighted by Gasteiger charge is -2.33. The van der Waals surface area contributed by atoms with Crippen molar-refractivity contribution in [3.05, 3.63) is 29.6 Å². The number of aromatic nitrogens is 1. The first-order chi connectivity index (χ1) is 8.29. The summed E-state index contributed by atoms with van der Waals surface area (Å²) >= 11 is 0. The molecule has 1 fully saturated rings. The predicted molar refractivity (Wildman–Crippen MR) is 70.9 cm³/mol. The van der Waals surface area contributed by atoms with Gasteiger partial charge >= 0.3 is 0 Å². The van der Waals surface area contributed by atoms with Gasteiger partial charge in [0.05, 0.1) is 0 Å². The fraction of sp³-hybridized carbons (Fsp3) is 0.643. The molecule has 3 heteroatoms. The van der Waals surface area contributed by atoms with Gasteiger partial charge in [-0.05, 0) is 50.0 Å². The molecule has 1 aliphatic rings. The third kappa shape index (κ3) is 3.51. The lowest BCUT2D eigenvalue weighted by atomic mass is 10.0. The molecule has 1 aromatic heterocycles. The maximum atomic E-state index is 4.15. The van der Waals surface area contributed by atoms with Gasteiger partial charge in [0.2, 0.25) is 0 Å². The second-order valence-corrected chi connectivity index (χ2v) is 4.93. The molecule has 94 valence electrons. The minimum Gasteiger partial charge on any atom is -0.313 e. The third-order valence-electron chi connectivity index (χ3n) is 3.53. The van der Waals surface area contributed by atoms with Crippen LogP contribution in [0.15, 0.2) is 18.5 Å². The van der Waals surface area contributed by atoms with Crippen molar-refractivity contribution in [1.82, 2.24) is 15.2 Å². The van der Waals surface area contributed by atoms with Gasteiger partial charge in [0.1, 0.15) is 0 Å². The highest BCUT2D eigenvalue weighted by molar-refractivity contribution is 5.21. The SMILES string of the molecule is CCNC1CCCN(Cc2ccncc2C)C1. The Balaban J connectivity index is 1.92. The van der Waals surface area contributed by atoms with Crippen molar-refractivity contribution < 1.29 is 0 Å². The van der Waals surface area contributed by atoms with E-state index in [2.05, 4.69) is 35.1 Å². The first-order valence-corrected chi connectivity index (χ1v) is 6.65. The first-order valence-electron chi connectivity index (χ1n) is 6.65. The van der Waals surface area contributed by atoms with Crippen LogP contribution in [0.1, 0.15) is 30.9 Å². The molecule has 0 aliphatic carbocycles. The van der Waals surface area contributed by atoms with Crippen molar-refractivity contribution in [1.29, 1.82) is 0 Å². The van der Waals surface area contributed by atoms with Crippen molar-refractivity contribution in [2.24, 2.45) is 0 Å². The van der Waals surface area contributed by atoms with Crippen LogP contribution in [0.4, 0.5) is 0 Å². The zero-order valence-corrected chi connectivity index (χ0v) is 10.9. The van der Waals surface area contributed by atoms with E-state index in [4.69, 9.17) is 0 Å². The van der Waals surface area contributed by atoms with E-state index in [1.165, 1.54) is 37.1 Å². The minimum atomic E-state index is 0.677. The molecule has 0 aromatic carbocycles. The van der Waals surface area contributed by atoms with Crippen LogP contribution >= 0.6 is 0 Å². The topological polar surface area (TPSA) is 28.2 Å². The maximum absolute atomic E-state index is 4.15. The number of hydrogen-bond donors (Lipinski definition) is 1. The molecule has 1 aliphatic heterocycles. The van der Waals surface area contributed by atoms with Crippen molar-refractivity contribution in [2.45, 2.75) is 39.3 Å². The van der Waals surface area contributed by atoms with Gasteiger partial charge in [0.25, 0.3) is 0 Å². The van der Waals surface area contributed by atoms with Gasteiger partial charge in [0, 0.05) is 31.5 Å². The summed E-state index contributed by atoms with van der Waals surface area (Å²) in [6.07, 6.45) is 6.48. The summed E-state index contributed by atoms with van der Waals surface area (Å²) < 4.78 is 0. The lowest BCUT2D eigenvalue weighted by molar-refractivity contribution is 0.184. The highest BCUT2D eigenvalue weighted by Crippen LogP contribution is 2.15. The zero-order valence-electron chi connectivity index (χ0n) is 10.9. The van der Waals surface area contributed by atoms with Gasteiger partial charge in [-0.15, -0.1) is 0 Å². The monoisotopic (exact) mass is 233 g/mol. The Hall–Kier alpha value is -0.930. The van der Waals surface area contributed by atoms with Crippen LogP contribution in [0.2, 0.25) is 0 Å². The van der Waals surface area contributed by atoms with Gasteiger partial charge in [-0.25, -0.2) is 0 Å². The molecule has 1 unspecified atom stereocenters. The Labute approximate surface area is 104 Å². The largest absolute Gasteiger partial charge is 0.313 e. The summed E-state index contributed by atoms with van der Waals surface area (Å²) in [5.41, 5.74) is 2.72. The smallest absolute Gasteiger partial charge is 0.0300 e. The zero-order chi connectivity index (χ0) is 12.1. The van der Waals surface area contributed by atoms with E-state index in [0.717, 1.165) is 13.1 Å². The van der Waals surface area contributed by atoms with Crippen molar-refractivity contribution in [3.8, 4) is 0 Å². The molecule has 1 aromatic rings. The van der Waals surface area contributed by atoms with Crippen LogP contribution in [0, 0.1) is 6.92 Å². The van der Waals surface area contributed by atoms with E-state index in [0.29, 0.717) is 6.04 Å². The van der Waals surface area contributed by atoms with Crippen molar-refractivity contribution >= 4 is 0 Å². The standard InChI is InChI=1S/C14H23N3/c1-3-16-14-5-4-8-17(11-14)10-13-6-7-15-9-12(13)2/h6-7,9,14,16H,3-5,8,10-11H2,1-2H3. The molecule has 1 N–H and O–H groups in total. The second kappa shape index (κ2) is 6.12. The fourth-order valence-electron chi connectivity index (χ4n) is 2.57. The fourth-order valence-corrected chi connectivity index (χ4v) is 2.57. The van der Waals surface area contributed by atoms with Gasteiger partial charge in [0.15, 0.2) is 0 Å². The van der Waals surface area contributed by atoms with Crippen LogP contribution in [0.5, 0.6) is 0 Å². The first kappa shape index (κ1) is 12.5. The number of hydrogen-bond acceptors (Lipinski definition) is 3. The number of pyridine rings is 1. The van der Waals surface area contributed by atoms with Crippen molar-refractivity contribution in [3.63, 3.8) is 0 Å². The Morgan fingerprint density at radius 2 is 2.41 bits per heavy atom. The average Bonchev–Trinajstić information content (AvgIpc) is 2.33. The molecule has 0 radical (unpaired) electrons. The van der Waals surface area contributed by atoms with Gasteiger partial charge in [-0.3, -0.25) is 9.88 Å². The highest BCUT2D eigenvalue weighted by atomic mass is 15.2. The molecular formula is C14H23N3. The molecule has 17 heavy (non-hydrogen) atoms. The number of nitrogens with one attached hydrogen (secondary N) is 1. The summed E-state index contributed by atoms with van der Waals surface area (Å²) in [5.74, 6) is 0. The van der Waals surface area contributed by atoms with E-state index in [1.54, 1.807) is 0 Å². The molecule has 0 amide bonds. The Morgan fingerprint density at radius 3 is 3.18 bits per heavy atom. The molecule has 2 rings (SSSR count). The molecule has 1 atom stereocenters. The number of aryl methyl sites for hydroxylation is 1.